The molecule has 0 saturated carbocycles. The van der Waals surface area contributed by atoms with Crippen molar-refractivity contribution in [1.82, 2.24) is 4.90 Å². The number of likely N-dealkylation sites (N-methyl/N-ethyl adjacent to an activating group) is 1. The van der Waals surface area contributed by atoms with Crippen LogP contribution in [-0.4, -0.2) is 24.5 Å². The summed E-state index contributed by atoms with van der Waals surface area (Å²) in [6.45, 7) is -0.562. The smallest absolute Gasteiger partial charge is 0.387 e. The third kappa shape index (κ3) is 5.50. The van der Waals surface area contributed by atoms with Crippen molar-refractivity contribution < 1.29 is 18.3 Å². The molecule has 0 heterocycles. The number of hydrogen-bond acceptors (Lipinski definition) is 2. The first kappa shape index (κ1) is 17.7. The highest BCUT2D eigenvalue weighted by molar-refractivity contribution is 5.91. The Bertz CT molecular complexity index is 712. The molecule has 0 aliphatic carbocycles. The normalized spacial score (nSPS) is 11.0. The fourth-order valence-electron chi connectivity index (χ4n) is 2.14. The van der Waals surface area contributed by atoms with Gasteiger partial charge in [0.2, 0.25) is 5.91 Å². The van der Waals surface area contributed by atoms with Crippen molar-refractivity contribution in [1.29, 1.82) is 0 Å². The SMILES string of the molecule is Cc1ccc(/C=C/C(=O)N(C)Cc2cccc(OC(F)F)c2)cc1. The zero-order valence-corrected chi connectivity index (χ0v) is 13.6. The molecule has 0 bridgehead atoms. The van der Waals surface area contributed by atoms with Crippen molar-refractivity contribution in [2.75, 3.05) is 7.05 Å². The van der Waals surface area contributed by atoms with E-state index in [9.17, 15) is 13.6 Å². The van der Waals surface area contributed by atoms with Crippen molar-refractivity contribution in [3.05, 3.63) is 71.3 Å². The predicted octanol–water partition coefficient (Wildman–Crippen LogP) is 4.27. The number of aryl methyl sites for hydroxylation is 1. The molecule has 5 heteroatoms. The number of hydrogen-bond donors (Lipinski definition) is 0. The molecule has 3 nitrogen and oxygen atoms in total. The molecule has 0 fully saturated rings. The molecule has 1 amide bonds. The van der Waals surface area contributed by atoms with E-state index in [0.29, 0.717) is 12.1 Å². The van der Waals surface area contributed by atoms with Gasteiger partial charge in [-0.15, -0.1) is 0 Å². The highest BCUT2D eigenvalue weighted by Gasteiger charge is 2.08. The first-order valence-electron chi connectivity index (χ1n) is 7.47. The van der Waals surface area contributed by atoms with Crippen LogP contribution in [0.15, 0.2) is 54.6 Å². The number of benzene rings is 2. The van der Waals surface area contributed by atoms with Crippen molar-refractivity contribution in [3.8, 4) is 5.75 Å². The lowest BCUT2D eigenvalue weighted by Gasteiger charge is -2.16. The summed E-state index contributed by atoms with van der Waals surface area (Å²) in [5, 5.41) is 0. The van der Waals surface area contributed by atoms with E-state index in [2.05, 4.69) is 4.74 Å². The standard InChI is InChI=1S/C19H19F2NO2/c1-14-6-8-15(9-7-14)10-11-18(23)22(2)13-16-4-3-5-17(12-16)24-19(20)21/h3-12,19H,13H2,1-2H3/b11-10+. The van der Waals surface area contributed by atoms with Gasteiger partial charge in [0.15, 0.2) is 0 Å². The Labute approximate surface area is 140 Å². The molecule has 0 unspecified atom stereocenters. The third-order valence-electron chi connectivity index (χ3n) is 3.42. The monoisotopic (exact) mass is 331 g/mol. The summed E-state index contributed by atoms with van der Waals surface area (Å²) >= 11 is 0. The van der Waals surface area contributed by atoms with Crippen LogP contribution in [0.5, 0.6) is 5.75 Å². The fraction of sp³-hybridized carbons (Fsp3) is 0.211. The topological polar surface area (TPSA) is 29.5 Å². The molecular weight excluding hydrogens is 312 g/mol. The molecule has 0 aliphatic rings. The molecule has 2 aromatic carbocycles. The molecule has 126 valence electrons. The molecule has 2 aromatic rings. The summed E-state index contributed by atoms with van der Waals surface area (Å²) in [5.74, 6) is -0.0886. The molecule has 0 aromatic heterocycles. The van der Waals surface area contributed by atoms with Crippen LogP contribution >= 0.6 is 0 Å². The fourth-order valence-corrected chi connectivity index (χ4v) is 2.14. The molecule has 0 N–H and O–H groups in total. The van der Waals surface area contributed by atoms with Crippen molar-refractivity contribution in [3.63, 3.8) is 0 Å². The number of carbonyl (C=O) groups is 1. The van der Waals surface area contributed by atoms with Crippen LogP contribution in [-0.2, 0) is 11.3 Å². The van der Waals surface area contributed by atoms with Crippen LogP contribution in [0.2, 0.25) is 0 Å². The van der Waals surface area contributed by atoms with Gasteiger partial charge in [0.1, 0.15) is 5.75 Å². The summed E-state index contributed by atoms with van der Waals surface area (Å²) in [6.07, 6.45) is 3.23. The minimum atomic E-state index is -2.86. The number of ether oxygens (including phenoxy) is 1. The van der Waals surface area contributed by atoms with Gasteiger partial charge in [0.05, 0.1) is 0 Å². The Morgan fingerprint density at radius 3 is 2.58 bits per heavy atom. The van der Waals surface area contributed by atoms with Gasteiger partial charge in [-0.3, -0.25) is 4.79 Å². The molecule has 0 radical (unpaired) electrons. The number of halogens is 2. The highest BCUT2D eigenvalue weighted by Crippen LogP contribution is 2.17. The molecule has 0 saturated heterocycles. The van der Waals surface area contributed by atoms with Crippen LogP contribution in [0.4, 0.5) is 8.78 Å². The van der Waals surface area contributed by atoms with Crippen LogP contribution in [0.25, 0.3) is 6.08 Å². The van der Waals surface area contributed by atoms with Crippen molar-refractivity contribution in [2.24, 2.45) is 0 Å². The molecule has 0 aliphatic heterocycles. The van der Waals surface area contributed by atoms with Gasteiger partial charge in [-0.1, -0.05) is 42.0 Å². The Morgan fingerprint density at radius 2 is 1.92 bits per heavy atom. The van der Waals surface area contributed by atoms with Crippen LogP contribution in [0.3, 0.4) is 0 Å². The summed E-state index contributed by atoms with van der Waals surface area (Å²) in [6, 6.07) is 14.1. The van der Waals surface area contributed by atoms with Crippen LogP contribution in [0, 0.1) is 6.92 Å². The Morgan fingerprint density at radius 1 is 1.21 bits per heavy atom. The zero-order chi connectivity index (χ0) is 17.5. The van der Waals surface area contributed by atoms with Crippen LogP contribution < -0.4 is 4.74 Å². The summed E-state index contributed by atoms with van der Waals surface area (Å²) < 4.78 is 28.8. The third-order valence-corrected chi connectivity index (χ3v) is 3.42. The van der Waals surface area contributed by atoms with E-state index in [1.165, 1.54) is 23.1 Å². The lowest BCUT2D eigenvalue weighted by molar-refractivity contribution is -0.125. The molecular formula is C19H19F2NO2. The largest absolute Gasteiger partial charge is 0.435 e. The summed E-state index contributed by atoms with van der Waals surface area (Å²) in [7, 11) is 1.66. The average molecular weight is 331 g/mol. The first-order chi connectivity index (χ1) is 11.4. The van der Waals surface area contributed by atoms with E-state index >= 15 is 0 Å². The lowest BCUT2D eigenvalue weighted by Crippen LogP contribution is -2.24. The predicted molar refractivity (Wildman–Crippen MR) is 89.8 cm³/mol. The van der Waals surface area contributed by atoms with Gasteiger partial charge in [-0.25, -0.2) is 0 Å². The second-order valence-corrected chi connectivity index (χ2v) is 5.46. The van der Waals surface area contributed by atoms with Crippen molar-refractivity contribution in [2.45, 2.75) is 20.1 Å². The van der Waals surface area contributed by atoms with E-state index in [1.54, 1.807) is 25.3 Å². The Balaban J connectivity index is 1.97. The van der Waals surface area contributed by atoms with Gasteiger partial charge in [0, 0.05) is 19.7 Å². The minimum absolute atomic E-state index is 0.0820. The Kier molecular flexibility index (Phi) is 6.07. The molecule has 2 rings (SSSR count). The van der Waals surface area contributed by atoms with Gasteiger partial charge in [-0.2, -0.15) is 8.78 Å². The van der Waals surface area contributed by atoms with Crippen LogP contribution in [0.1, 0.15) is 16.7 Å². The van der Waals surface area contributed by atoms with E-state index in [1.807, 2.05) is 31.2 Å². The Hall–Kier alpha value is -2.69. The van der Waals surface area contributed by atoms with Gasteiger partial charge in [-0.05, 0) is 36.3 Å². The number of nitrogens with zero attached hydrogens (tertiary/aromatic N) is 1. The van der Waals surface area contributed by atoms with E-state index in [-0.39, 0.29) is 11.7 Å². The maximum atomic E-state index is 12.2. The molecule has 0 atom stereocenters. The zero-order valence-electron chi connectivity index (χ0n) is 13.6. The second kappa shape index (κ2) is 8.24. The number of amides is 1. The number of alkyl halides is 2. The average Bonchev–Trinajstić information content (AvgIpc) is 2.53. The quantitative estimate of drug-likeness (QED) is 0.740. The van der Waals surface area contributed by atoms with Crippen molar-refractivity contribution >= 4 is 12.0 Å². The summed E-state index contributed by atoms with van der Waals surface area (Å²) in [4.78, 5) is 13.6. The lowest BCUT2D eigenvalue weighted by atomic mass is 10.1. The molecule has 0 spiro atoms. The number of carbonyl (C=O) groups excluding carboxylic acids is 1. The minimum Gasteiger partial charge on any atom is -0.435 e. The summed E-state index contributed by atoms with van der Waals surface area (Å²) in [5.41, 5.74) is 2.81. The van der Waals surface area contributed by atoms with E-state index in [4.69, 9.17) is 0 Å². The van der Waals surface area contributed by atoms with Gasteiger partial charge in [0.25, 0.3) is 0 Å². The van der Waals surface area contributed by atoms with Gasteiger partial charge >= 0.3 is 6.61 Å². The second-order valence-electron chi connectivity index (χ2n) is 5.46. The van der Waals surface area contributed by atoms with Gasteiger partial charge < -0.3 is 9.64 Å². The number of rotatable bonds is 6. The maximum Gasteiger partial charge on any atom is 0.387 e. The highest BCUT2D eigenvalue weighted by atomic mass is 19.3. The maximum absolute atomic E-state index is 12.2. The van der Waals surface area contributed by atoms with E-state index < -0.39 is 6.61 Å². The van der Waals surface area contributed by atoms with E-state index in [0.717, 1.165) is 11.1 Å². The molecule has 24 heavy (non-hydrogen) atoms. The first-order valence-corrected chi connectivity index (χ1v) is 7.47.